The summed E-state index contributed by atoms with van der Waals surface area (Å²) in [5.74, 6) is 0.393. The van der Waals surface area contributed by atoms with Crippen molar-refractivity contribution in [3.05, 3.63) is 44.4 Å². The SMILES string of the molecule is Cc1cc(-c2cc(C)c(O)c(C)c2Cl)c(Cl)c(C)c1O. The molecule has 0 saturated heterocycles. The molecule has 2 N–H and O–H groups in total. The quantitative estimate of drug-likeness (QED) is 0.749. The summed E-state index contributed by atoms with van der Waals surface area (Å²) in [7, 11) is 0. The second-order valence-electron chi connectivity index (χ2n) is 5.06. The molecule has 0 aromatic heterocycles. The minimum Gasteiger partial charge on any atom is -0.507 e. The van der Waals surface area contributed by atoms with E-state index in [1.165, 1.54) is 0 Å². The Hall–Kier alpha value is -1.38. The summed E-state index contributed by atoms with van der Waals surface area (Å²) >= 11 is 12.7. The Bertz CT molecular complexity index is 645. The molecule has 0 heterocycles. The maximum absolute atomic E-state index is 9.92. The fourth-order valence-electron chi connectivity index (χ4n) is 2.29. The van der Waals surface area contributed by atoms with E-state index in [0.29, 0.717) is 21.2 Å². The van der Waals surface area contributed by atoms with Crippen molar-refractivity contribution in [3.8, 4) is 22.6 Å². The van der Waals surface area contributed by atoms with Gasteiger partial charge in [-0.2, -0.15) is 0 Å². The number of rotatable bonds is 1. The van der Waals surface area contributed by atoms with E-state index in [1.54, 1.807) is 13.8 Å². The standard InChI is InChI=1S/C16H16Cl2O2/c1-7-5-11(13(17)9(3)15(7)19)12-6-8(2)16(20)10(4)14(12)18/h5-6,19-20H,1-4H3. The zero-order valence-electron chi connectivity index (χ0n) is 11.8. The molecule has 0 aliphatic carbocycles. The van der Waals surface area contributed by atoms with Gasteiger partial charge in [0.15, 0.2) is 0 Å². The van der Waals surface area contributed by atoms with Crippen LogP contribution in [0.3, 0.4) is 0 Å². The van der Waals surface area contributed by atoms with Crippen LogP contribution in [0.4, 0.5) is 0 Å². The van der Waals surface area contributed by atoms with Crippen molar-refractivity contribution in [2.24, 2.45) is 0 Å². The van der Waals surface area contributed by atoms with Gasteiger partial charge in [0.05, 0.1) is 10.0 Å². The largest absolute Gasteiger partial charge is 0.507 e. The molecule has 2 rings (SSSR count). The number of hydrogen-bond donors (Lipinski definition) is 2. The zero-order valence-corrected chi connectivity index (χ0v) is 13.3. The van der Waals surface area contributed by atoms with E-state index in [0.717, 1.165) is 22.3 Å². The Kier molecular flexibility index (Phi) is 3.90. The number of aromatic hydroxyl groups is 2. The molecule has 106 valence electrons. The summed E-state index contributed by atoms with van der Waals surface area (Å²) < 4.78 is 0. The Balaban J connectivity index is 2.83. The highest BCUT2D eigenvalue weighted by Crippen LogP contribution is 2.43. The fourth-order valence-corrected chi connectivity index (χ4v) is 2.78. The van der Waals surface area contributed by atoms with Crippen LogP contribution in [0, 0.1) is 27.7 Å². The van der Waals surface area contributed by atoms with Gasteiger partial charge in [0.2, 0.25) is 0 Å². The second kappa shape index (κ2) is 5.19. The average Bonchev–Trinajstić information content (AvgIpc) is 2.42. The summed E-state index contributed by atoms with van der Waals surface area (Å²) in [5, 5.41) is 20.8. The number of aryl methyl sites for hydroxylation is 2. The molecule has 0 amide bonds. The lowest BCUT2D eigenvalue weighted by atomic mass is 9.96. The number of benzene rings is 2. The molecule has 0 atom stereocenters. The summed E-state index contributed by atoms with van der Waals surface area (Å²) in [6.45, 7) is 7.16. The summed E-state index contributed by atoms with van der Waals surface area (Å²) in [5.41, 5.74) is 4.25. The van der Waals surface area contributed by atoms with Crippen molar-refractivity contribution < 1.29 is 10.2 Å². The molecule has 2 nitrogen and oxygen atoms in total. The van der Waals surface area contributed by atoms with E-state index in [9.17, 15) is 10.2 Å². The molecular weight excluding hydrogens is 295 g/mol. The van der Waals surface area contributed by atoms with Crippen LogP contribution >= 0.6 is 23.2 Å². The first-order chi connectivity index (χ1) is 9.25. The van der Waals surface area contributed by atoms with Crippen LogP contribution in [0.2, 0.25) is 10.0 Å². The van der Waals surface area contributed by atoms with Crippen molar-refractivity contribution in [1.82, 2.24) is 0 Å². The van der Waals surface area contributed by atoms with Crippen molar-refractivity contribution in [1.29, 1.82) is 0 Å². The molecule has 0 aliphatic heterocycles. The lowest BCUT2D eigenvalue weighted by molar-refractivity contribution is 0.466. The van der Waals surface area contributed by atoms with Crippen LogP contribution in [-0.2, 0) is 0 Å². The van der Waals surface area contributed by atoms with E-state index in [1.807, 2.05) is 26.0 Å². The molecule has 0 radical (unpaired) electrons. The molecule has 0 unspecified atom stereocenters. The van der Waals surface area contributed by atoms with E-state index in [2.05, 4.69) is 0 Å². The van der Waals surface area contributed by atoms with Crippen LogP contribution in [0.15, 0.2) is 12.1 Å². The minimum atomic E-state index is 0.196. The smallest absolute Gasteiger partial charge is 0.122 e. The molecule has 0 fully saturated rings. The number of phenolic OH excluding ortho intramolecular Hbond substituents is 2. The van der Waals surface area contributed by atoms with Crippen molar-refractivity contribution in [3.63, 3.8) is 0 Å². The lowest BCUT2D eigenvalue weighted by Gasteiger charge is -2.16. The first-order valence-electron chi connectivity index (χ1n) is 6.23. The first kappa shape index (κ1) is 15.0. The third-order valence-electron chi connectivity index (χ3n) is 3.60. The third kappa shape index (κ3) is 2.23. The Labute approximate surface area is 128 Å². The lowest BCUT2D eigenvalue weighted by Crippen LogP contribution is -1.92. The van der Waals surface area contributed by atoms with Gasteiger partial charge in [0.1, 0.15) is 11.5 Å². The van der Waals surface area contributed by atoms with Gasteiger partial charge >= 0.3 is 0 Å². The molecular formula is C16H16Cl2O2. The van der Waals surface area contributed by atoms with Crippen LogP contribution < -0.4 is 0 Å². The van der Waals surface area contributed by atoms with Gasteiger partial charge in [-0.1, -0.05) is 23.2 Å². The molecule has 4 heteroatoms. The zero-order chi connectivity index (χ0) is 15.2. The van der Waals surface area contributed by atoms with E-state index >= 15 is 0 Å². The molecule has 2 aromatic rings. The number of hydrogen-bond acceptors (Lipinski definition) is 2. The number of phenols is 2. The normalized spacial score (nSPS) is 10.9. The summed E-state index contributed by atoms with van der Waals surface area (Å²) in [6.07, 6.45) is 0. The summed E-state index contributed by atoms with van der Waals surface area (Å²) in [6, 6.07) is 3.61. The van der Waals surface area contributed by atoms with Gasteiger partial charge in [-0.05, 0) is 51.0 Å². The van der Waals surface area contributed by atoms with Gasteiger partial charge in [-0.15, -0.1) is 0 Å². The van der Waals surface area contributed by atoms with Gasteiger partial charge in [0.25, 0.3) is 0 Å². The fraction of sp³-hybridized carbons (Fsp3) is 0.250. The molecule has 0 saturated carbocycles. The Morgan fingerprint density at radius 2 is 1.00 bits per heavy atom. The molecule has 2 aromatic carbocycles. The predicted octanol–water partition coefficient (Wildman–Crippen LogP) is 5.31. The van der Waals surface area contributed by atoms with Crippen LogP contribution in [0.5, 0.6) is 11.5 Å². The molecule has 0 aliphatic rings. The number of halogens is 2. The van der Waals surface area contributed by atoms with Crippen molar-refractivity contribution in [2.75, 3.05) is 0 Å². The first-order valence-corrected chi connectivity index (χ1v) is 6.99. The van der Waals surface area contributed by atoms with Gasteiger partial charge in [-0.25, -0.2) is 0 Å². The van der Waals surface area contributed by atoms with Crippen molar-refractivity contribution in [2.45, 2.75) is 27.7 Å². The van der Waals surface area contributed by atoms with Crippen LogP contribution in [0.25, 0.3) is 11.1 Å². The molecule has 20 heavy (non-hydrogen) atoms. The van der Waals surface area contributed by atoms with Gasteiger partial charge < -0.3 is 10.2 Å². The average molecular weight is 311 g/mol. The minimum absolute atomic E-state index is 0.196. The van der Waals surface area contributed by atoms with E-state index in [4.69, 9.17) is 23.2 Å². The van der Waals surface area contributed by atoms with Crippen molar-refractivity contribution >= 4 is 23.2 Å². The van der Waals surface area contributed by atoms with Crippen LogP contribution in [0.1, 0.15) is 22.3 Å². The Morgan fingerprint density at radius 3 is 1.30 bits per heavy atom. The van der Waals surface area contributed by atoms with E-state index in [-0.39, 0.29) is 11.5 Å². The Morgan fingerprint density at radius 1 is 0.700 bits per heavy atom. The maximum Gasteiger partial charge on any atom is 0.122 e. The highest BCUT2D eigenvalue weighted by Gasteiger charge is 2.18. The van der Waals surface area contributed by atoms with Gasteiger partial charge in [-0.3, -0.25) is 0 Å². The monoisotopic (exact) mass is 310 g/mol. The summed E-state index contributed by atoms with van der Waals surface area (Å²) in [4.78, 5) is 0. The maximum atomic E-state index is 9.92. The third-order valence-corrected chi connectivity index (χ3v) is 4.57. The van der Waals surface area contributed by atoms with E-state index < -0.39 is 0 Å². The van der Waals surface area contributed by atoms with Gasteiger partial charge in [0, 0.05) is 22.3 Å². The highest BCUT2D eigenvalue weighted by atomic mass is 35.5. The second-order valence-corrected chi connectivity index (χ2v) is 5.81. The predicted molar refractivity (Wildman–Crippen MR) is 84.2 cm³/mol. The molecule has 0 bridgehead atoms. The molecule has 0 spiro atoms. The highest BCUT2D eigenvalue weighted by molar-refractivity contribution is 6.37. The topological polar surface area (TPSA) is 40.5 Å². The van der Waals surface area contributed by atoms with Crippen LogP contribution in [-0.4, -0.2) is 10.2 Å².